The van der Waals surface area contributed by atoms with Gasteiger partial charge < -0.3 is 15.5 Å². The third-order valence-corrected chi connectivity index (χ3v) is 2.42. The van der Waals surface area contributed by atoms with Crippen molar-refractivity contribution >= 4 is 17.5 Å². The van der Waals surface area contributed by atoms with Crippen molar-refractivity contribution in [3.05, 3.63) is 22.9 Å². The van der Waals surface area contributed by atoms with Crippen molar-refractivity contribution < 1.29 is 4.79 Å². The number of nitrogens with one attached hydrogen (secondary N) is 3. The maximum Gasteiger partial charge on any atom is 0.348 e. The van der Waals surface area contributed by atoms with Crippen LogP contribution in [0.25, 0.3) is 5.65 Å². The number of H-pyrrole nitrogens is 1. The summed E-state index contributed by atoms with van der Waals surface area (Å²) in [5, 5.41) is 11.9. The molecule has 0 fully saturated rings. The molecule has 0 unspecified atom stereocenters. The molecule has 9 nitrogen and oxygen atoms in total. The van der Waals surface area contributed by atoms with Gasteiger partial charge in [0.1, 0.15) is 12.1 Å². The molecule has 2 aromatic heterocycles. The molecule has 0 aliphatic rings. The third-order valence-electron chi connectivity index (χ3n) is 2.42. The largest absolute Gasteiger partial charge is 0.368 e. The number of hydrogen-bond acceptors (Lipinski definition) is 5. The first kappa shape index (κ1) is 12.9. The SMILES string of the molecule is CN(C)C(=O)NCCNc1cc2n[nH]c(=O)n2cn1. The first-order chi connectivity index (χ1) is 9.08. The Labute approximate surface area is 108 Å². The smallest absolute Gasteiger partial charge is 0.348 e. The lowest BCUT2D eigenvalue weighted by Crippen LogP contribution is -2.37. The van der Waals surface area contributed by atoms with E-state index in [0.29, 0.717) is 24.6 Å². The van der Waals surface area contributed by atoms with Gasteiger partial charge in [0.2, 0.25) is 0 Å². The Morgan fingerprint density at radius 1 is 1.47 bits per heavy atom. The molecule has 3 N–H and O–H groups in total. The molecule has 0 aliphatic carbocycles. The van der Waals surface area contributed by atoms with Crippen LogP contribution in [0.3, 0.4) is 0 Å². The van der Waals surface area contributed by atoms with Crippen LogP contribution < -0.4 is 16.3 Å². The Morgan fingerprint density at radius 2 is 2.26 bits per heavy atom. The Balaban J connectivity index is 1.88. The van der Waals surface area contributed by atoms with E-state index in [0.717, 1.165) is 0 Å². The normalized spacial score (nSPS) is 10.4. The zero-order chi connectivity index (χ0) is 13.8. The molecule has 9 heteroatoms. The van der Waals surface area contributed by atoms with Crippen molar-refractivity contribution in [3.63, 3.8) is 0 Å². The number of carbonyl (C=O) groups excluding carboxylic acids is 1. The van der Waals surface area contributed by atoms with Crippen LogP contribution in [0.4, 0.5) is 10.6 Å². The van der Waals surface area contributed by atoms with Gasteiger partial charge in [-0.3, -0.25) is 0 Å². The number of amides is 2. The second-order valence-corrected chi connectivity index (χ2v) is 4.08. The van der Waals surface area contributed by atoms with Crippen LogP contribution in [0.1, 0.15) is 0 Å². The summed E-state index contributed by atoms with van der Waals surface area (Å²) in [7, 11) is 3.35. The van der Waals surface area contributed by atoms with Crippen molar-refractivity contribution in [2.45, 2.75) is 0 Å². The standard InChI is InChI=1S/C10H15N7O2/c1-16(2)9(18)12-4-3-11-7-5-8-14-15-10(19)17(8)6-13-7/h5-6,11H,3-4H2,1-2H3,(H,12,18)(H,15,19). The van der Waals surface area contributed by atoms with Gasteiger partial charge in [0.15, 0.2) is 5.65 Å². The Kier molecular flexibility index (Phi) is 3.64. The van der Waals surface area contributed by atoms with Gasteiger partial charge in [0.25, 0.3) is 0 Å². The lowest BCUT2D eigenvalue weighted by Gasteiger charge is -2.12. The van der Waals surface area contributed by atoms with Crippen LogP contribution >= 0.6 is 0 Å². The summed E-state index contributed by atoms with van der Waals surface area (Å²) in [5.74, 6) is 0.589. The summed E-state index contributed by atoms with van der Waals surface area (Å²) in [6.07, 6.45) is 1.39. The van der Waals surface area contributed by atoms with Gasteiger partial charge >= 0.3 is 11.7 Å². The maximum atomic E-state index is 11.3. The van der Waals surface area contributed by atoms with E-state index in [-0.39, 0.29) is 11.7 Å². The molecule has 0 aliphatic heterocycles. The lowest BCUT2D eigenvalue weighted by atomic mass is 10.5. The average molecular weight is 265 g/mol. The van der Waals surface area contributed by atoms with Gasteiger partial charge in [-0.2, -0.15) is 5.10 Å². The molecule has 2 heterocycles. The lowest BCUT2D eigenvalue weighted by molar-refractivity contribution is 0.218. The number of rotatable bonds is 4. The Bertz CT molecular complexity index is 630. The summed E-state index contributed by atoms with van der Waals surface area (Å²) >= 11 is 0. The number of fused-ring (bicyclic) bond motifs is 1. The molecule has 0 saturated carbocycles. The van der Waals surface area contributed by atoms with Gasteiger partial charge in [0, 0.05) is 33.3 Å². The second kappa shape index (κ2) is 5.38. The Hall–Kier alpha value is -2.58. The molecule has 19 heavy (non-hydrogen) atoms. The monoisotopic (exact) mass is 265 g/mol. The Morgan fingerprint density at radius 3 is 3.00 bits per heavy atom. The van der Waals surface area contributed by atoms with Crippen molar-refractivity contribution in [1.29, 1.82) is 0 Å². The highest BCUT2D eigenvalue weighted by Gasteiger charge is 2.03. The fraction of sp³-hybridized carbons (Fsp3) is 0.400. The van der Waals surface area contributed by atoms with Crippen LogP contribution in [0.15, 0.2) is 17.2 Å². The van der Waals surface area contributed by atoms with Gasteiger partial charge in [-0.1, -0.05) is 0 Å². The number of urea groups is 1. The van der Waals surface area contributed by atoms with Crippen molar-refractivity contribution in [3.8, 4) is 0 Å². The van der Waals surface area contributed by atoms with Crippen molar-refractivity contribution in [2.24, 2.45) is 0 Å². The minimum Gasteiger partial charge on any atom is -0.368 e. The maximum absolute atomic E-state index is 11.3. The highest BCUT2D eigenvalue weighted by atomic mass is 16.2. The summed E-state index contributed by atoms with van der Waals surface area (Å²) in [6, 6.07) is 1.50. The quantitative estimate of drug-likeness (QED) is 0.621. The molecule has 2 amide bonds. The van der Waals surface area contributed by atoms with E-state index in [1.165, 1.54) is 15.6 Å². The van der Waals surface area contributed by atoms with Crippen LogP contribution in [0.5, 0.6) is 0 Å². The van der Waals surface area contributed by atoms with Gasteiger partial charge in [0.05, 0.1) is 0 Å². The first-order valence-corrected chi connectivity index (χ1v) is 5.70. The predicted octanol–water partition coefficient (Wildman–Crippen LogP) is -0.899. The predicted molar refractivity (Wildman–Crippen MR) is 69.2 cm³/mol. The minimum atomic E-state index is -0.327. The van der Waals surface area contributed by atoms with Crippen LogP contribution in [-0.2, 0) is 0 Å². The number of aromatic nitrogens is 4. The number of carbonyl (C=O) groups is 1. The number of aromatic amines is 1. The molecule has 102 valence electrons. The molecule has 2 rings (SSSR count). The highest BCUT2D eigenvalue weighted by molar-refractivity contribution is 5.73. The highest BCUT2D eigenvalue weighted by Crippen LogP contribution is 2.03. The number of hydrogen-bond donors (Lipinski definition) is 3. The number of nitrogens with zero attached hydrogens (tertiary/aromatic N) is 4. The van der Waals surface area contributed by atoms with Crippen molar-refractivity contribution in [1.82, 2.24) is 29.8 Å². The molecule has 0 atom stereocenters. The summed E-state index contributed by atoms with van der Waals surface area (Å²) in [6.45, 7) is 0.995. The molecular weight excluding hydrogens is 250 g/mol. The van der Waals surface area contributed by atoms with E-state index >= 15 is 0 Å². The molecular formula is C10H15N7O2. The van der Waals surface area contributed by atoms with E-state index in [4.69, 9.17) is 0 Å². The minimum absolute atomic E-state index is 0.149. The van der Waals surface area contributed by atoms with E-state index in [2.05, 4.69) is 25.8 Å². The number of anilines is 1. The molecule has 0 saturated heterocycles. The van der Waals surface area contributed by atoms with E-state index < -0.39 is 0 Å². The van der Waals surface area contributed by atoms with E-state index in [1.807, 2.05) is 0 Å². The first-order valence-electron chi connectivity index (χ1n) is 5.70. The van der Waals surface area contributed by atoms with Crippen molar-refractivity contribution in [2.75, 3.05) is 32.5 Å². The van der Waals surface area contributed by atoms with Crippen LogP contribution in [0.2, 0.25) is 0 Å². The fourth-order valence-electron chi connectivity index (χ4n) is 1.42. The van der Waals surface area contributed by atoms with Crippen LogP contribution in [-0.4, -0.2) is 57.7 Å². The van der Waals surface area contributed by atoms with Gasteiger partial charge in [-0.05, 0) is 0 Å². The molecule has 2 aromatic rings. The van der Waals surface area contributed by atoms with E-state index in [1.54, 1.807) is 20.2 Å². The van der Waals surface area contributed by atoms with Gasteiger partial charge in [-0.25, -0.2) is 24.1 Å². The topological polar surface area (TPSA) is 107 Å². The summed E-state index contributed by atoms with van der Waals surface area (Å²) in [5.41, 5.74) is 0.159. The third kappa shape index (κ3) is 3.00. The molecule has 0 spiro atoms. The second-order valence-electron chi connectivity index (χ2n) is 4.08. The summed E-state index contributed by atoms with van der Waals surface area (Å²) in [4.78, 5) is 28.0. The zero-order valence-corrected chi connectivity index (χ0v) is 10.7. The van der Waals surface area contributed by atoms with E-state index in [9.17, 15) is 9.59 Å². The zero-order valence-electron chi connectivity index (χ0n) is 10.7. The average Bonchev–Trinajstić information content (AvgIpc) is 2.75. The molecule has 0 bridgehead atoms. The molecule has 0 radical (unpaired) electrons. The fourth-order valence-corrected chi connectivity index (χ4v) is 1.42. The summed E-state index contributed by atoms with van der Waals surface area (Å²) < 4.78 is 1.30. The molecule has 0 aromatic carbocycles. The van der Waals surface area contributed by atoms with Crippen LogP contribution in [0, 0.1) is 0 Å². The van der Waals surface area contributed by atoms with Gasteiger partial charge in [-0.15, -0.1) is 0 Å².